The van der Waals surface area contributed by atoms with Crippen LogP contribution in [0.1, 0.15) is 10.4 Å². The molecule has 7 heteroatoms. The molecule has 1 fully saturated rings. The van der Waals surface area contributed by atoms with E-state index in [2.05, 4.69) is 0 Å². The molecular weight excluding hydrogens is 384 g/mol. The number of para-hydroxylation sites is 1. The van der Waals surface area contributed by atoms with Crippen LogP contribution in [-0.2, 0) is 16.1 Å². The Bertz CT molecular complexity index is 1040. The standard InChI is InChI=1S/C23H24N2O5/c1-28-17-6-8-18(9-7-17)30-15-12-25-16-20(19-4-2-3-5-21(19)25)22(26)23(27)24-10-13-29-14-11-24/h2-9,16H,10-15H2,1H3. The predicted octanol–water partition coefficient (Wildman–Crippen LogP) is 2.77. The number of methoxy groups -OCH3 is 1. The Hall–Kier alpha value is -3.32. The first kappa shape index (κ1) is 20.0. The lowest BCUT2D eigenvalue weighted by Crippen LogP contribution is -2.44. The number of morpholine rings is 1. The number of hydrogen-bond acceptors (Lipinski definition) is 5. The summed E-state index contributed by atoms with van der Waals surface area (Å²) in [5.41, 5.74) is 1.32. The molecule has 0 radical (unpaired) electrons. The molecule has 1 aromatic heterocycles. The highest BCUT2D eigenvalue weighted by molar-refractivity contribution is 6.44. The predicted molar refractivity (Wildman–Crippen MR) is 112 cm³/mol. The van der Waals surface area contributed by atoms with Crippen LogP contribution in [0.15, 0.2) is 54.7 Å². The van der Waals surface area contributed by atoms with E-state index in [0.29, 0.717) is 45.0 Å². The first-order valence-corrected chi connectivity index (χ1v) is 9.93. The Labute approximate surface area is 174 Å². The summed E-state index contributed by atoms with van der Waals surface area (Å²) in [7, 11) is 1.62. The van der Waals surface area contributed by atoms with Gasteiger partial charge in [-0.05, 0) is 30.3 Å². The van der Waals surface area contributed by atoms with Gasteiger partial charge in [-0.1, -0.05) is 18.2 Å². The number of aromatic nitrogens is 1. The average Bonchev–Trinajstić information content (AvgIpc) is 3.18. The van der Waals surface area contributed by atoms with Gasteiger partial charge in [-0.3, -0.25) is 9.59 Å². The van der Waals surface area contributed by atoms with Gasteiger partial charge >= 0.3 is 0 Å². The van der Waals surface area contributed by atoms with Crippen molar-refractivity contribution in [3.8, 4) is 11.5 Å². The molecule has 2 heterocycles. The van der Waals surface area contributed by atoms with E-state index in [1.807, 2.05) is 53.1 Å². The van der Waals surface area contributed by atoms with Crippen molar-refractivity contribution in [2.24, 2.45) is 0 Å². The van der Waals surface area contributed by atoms with Crippen molar-refractivity contribution >= 4 is 22.6 Å². The number of fused-ring (bicyclic) bond motifs is 1. The van der Waals surface area contributed by atoms with Crippen LogP contribution in [-0.4, -0.2) is 61.2 Å². The molecule has 1 aliphatic rings. The maximum Gasteiger partial charge on any atom is 0.295 e. The van der Waals surface area contributed by atoms with E-state index in [1.165, 1.54) is 0 Å². The SMILES string of the molecule is COc1ccc(OCCn2cc(C(=O)C(=O)N3CCOCC3)c3ccccc32)cc1. The maximum atomic E-state index is 12.9. The molecule has 0 unspecified atom stereocenters. The molecule has 156 valence electrons. The molecule has 0 saturated carbocycles. The van der Waals surface area contributed by atoms with E-state index >= 15 is 0 Å². The van der Waals surface area contributed by atoms with E-state index in [-0.39, 0.29) is 0 Å². The second kappa shape index (κ2) is 9.00. The quantitative estimate of drug-likeness (QED) is 0.444. The van der Waals surface area contributed by atoms with Gasteiger partial charge in [0.2, 0.25) is 0 Å². The number of hydrogen-bond donors (Lipinski definition) is 0. The van der Waals surface area contributed by atoms with Crippen molar-refractivity contribution in [2.45, 2.75) is 6.54 Å². The lowest BCUT2D eigenvalue weighted by Gasteiger charge is -2.25. The summed E-state index contributed by atoms with van der Waals surface area (Å²) in [4.78, 5) is 27.2. The van der Waals surface area contributed by atoms with Crippen LogP contribution >= 0.6 is 0 Å². The fourth-order valence-corrected chi connectivity index (χ4v) is 3.57. The molecule has 4 rings (SSSR count). The third kappa shape index (κ3) is 4.16. The minimum absolute atomic E-state index is 0.423. The van der Waals surface area contributed by atoms with Gasteiger partial charge < -0.3 is 23.7 Å². The van der Waals surface area contributed by atoms with E-state index < -0.39 is 11.7 Å². The van der Waals surface area contributed by atoms with Crippen molar-refractivity contribution in [1.82, 2.24) is 9.47 Å². The third-order valence-corrected chi connectivity index (χ3v) is 5.19. The summed E-state index contributed by atoms with van der Waals surface area (Å²) in [5, 5.41) is 0.772. The van der Waals surface area contributed by atoms with E-state index in [1.54, 1.807) is 18.2 Å². The lowest BCUT2D eigenvalue weighted by molar-refractivity contribution is -0.130. The molecule has 2 aromatic carbocycles. The Kier molecular flexibility index (Phi) is 5.99. The minimum atomic E-state index is -0.483. The fraction of sp³-hybridized carbons (Fsp3) is 0.304. The van der Waals surface area contributed by atoms with Gasteiger partial charge in [0, 0.05) is 30.2 Å². The molecule has 7 nitrogen and oxygen atoms in total. The minimum Gasteiger partial charge on any atom is -0.497 e. The van der Waals surface area contributed by atoms with Crippen LogP contribution in [0.25, 0.3) is 10.9 Å². The number of rotatable bonds is 7. The first-order chi connectivity index (χ1) is 14.7. The molecule has 0 atom stereocenters. The van der Waals surface area contributed by atoms with Gasteiger partial charge in [0.25, 0.3) is 11.7 Å². The summed E-state index contributed by atoms with van der Waals surface area (Å²) >= 11 is 0. The molecule has 3 aromatic rings. The van der Waals surface area contributed by atoms with Crippen LogP contribution < -0.4 is 9.47 Å². The molecule has 0 N–H and O–H groups in total. The highest BCUT2D eigenvalue weighted by atomic mass is 16.5. The van der Waals surface area contributed by atoms with Crippen molar-refractivity contribution in [3.63, 3.8) is 0 Å². The molecular formula is C23H24N2O5. The number of carbonyl (C=O) groups is 2. The monoisotopic (exact) mass is 408 g/mol. The zero-order valence-electron chi connectivity index (χ0n) is 16.9. The van der Waals surface area contributed by atoms with Crippen LogP contribution in [0.3, 0.4) is 0 Å². The zero-order chi connectivity index (χ0) is 20.9. The van der Waals surface area contributed by atoms with Crippen LogP contribution in [0.2, 0.25) is 0 Å². The summed E-state index contributed by atoms with van der Waals surface area (Å²) in [6.45, 7) is 2.78. The number of benzene rings is 2. The van der Waals surface area contributed by atoms with Crippen molar-refractivity contribution in [1.29, 1.82) is 0 Å². The van der Waals surface area contributed by atoms with Gasteiger partial charge in [0.1, 0.15) is 18.1 Å². The molecule has 1 saturated heterocycles. The van der Waals surface area contributed by atoms with Crippen LogP contribution in [0.5, 0.6) is 11.5 Å². The molecule has 1 aliphatic heterocycles. The van der Waals surface area contributed by atoms with Gasteiger partial charge in [0.15, 0.2) is 0 Å². The van der Waals surface area contributed by atoms with Crippen LogP contribution in [0, 0.1) is 0 Å². The lowest BCUT2D eigenvalue weighted by atomic mass is 10.1. The van der Waals surface area contributed by atoms with Gasteiger partial charge in [-0.2, -0.15) is 0 Å². The molecule has 30 heavy (non-hydrogen) atoms. The smallest absolute Gasteiger partial charge is 0.295 e. The Morgan fingerprint density at radius 1 is 1.00 bits per heavy atom. The van der Waals surface area contributed by atoms with Gasteiger partial charge in [0.05, 0.1) is 32.4 Å². The highest BCUT2D eigenvalue weighted by Crippen LogP contribution is 2.23. The maximum absolute atomic E-state index is 12.9. The molecule has 0 spiro atoms. The van der Waals surface area contributed by atoms with Crippen molar-refractivity contribution < 1.29 is 23.8 Å². The molecule has 0 bridgehead atoms. The number of nitrogens with zero attached hydrogens (tertiary/aromatic N) is 2. The third-order valence-electron chi connectivity index (χ3n) is 5.19. The van der Waals surface area contributed by atoms with Gasteiger partial charge in [-0.15, -0.1) is 0 Å². The molecule has 1 amide bonds. The fourth-order valence-electron chi connectivity index (χ4n) is 3.57. The van der Waals surface area contributed by atoms with E-state index in [9.17, 15) is 9.59 Å². The molecule has 0 aliphatic carbocycles. The van der Waals surface area contributed by atoms with E-state index in [4.69, 9.17) is 14.2 Å². The second-order valence-corrected chi connectivity index (χ2v) is 7.01. The van der Waals surface area contributed by atoms with E-state index in [0.717, 1.165) is 22.4 Å². The van der Waals surface area contributed by atoms with Gasteiger partial charge in [-0.25, -0.2) is 0 Å². The summed E-state index contributed by atoms with van der Waals surface area (Å²) in [6.07, 6.45) is 1.75. The van der Waals surface area contributed by atoms with Crippen molar-refractivity contribution in [3.05, 3.63) is 60.3 Å². The first-order valence-electron chi connectivity index (χ1n) is 9.93. The number of amides is 1. The number of ether oxygens (including phenoxy) is 3. The van der Waals surface area contributed by atoms with Crippen LogP contribution in [0.4, 0.5) is 0 Å². The largest absolute Gasteiger partial charge is 0.497 e. The van der Waals surface area contributed by atoms with Crippen molar-refractivity contribution in [2.75, 3.05) is 40.0 Å². The Balaban J connectivity index is 1.50. The topological polar surface area (TPSA) is 70.0 Å². The Morgan fingerprint density at radius 3 is 2.43 bits per heavy atom. The Morgan fingerprint density at radius 2 is 1.70 bits per heavy atom. The summed E-state index contributed by atoms with van der Waals surface area (Å²) in [6, 6.07) is 15.0. The zero-order valence-corrected chi connectivity index (χ0v) is 16.9. The summed E-state index contributed by atoms with van der Waals surface area (Å²) in [5.74, 6) is 0.552. The number of Topliss-reactive ketones (excluding diaryl/α,β-unsaturated/α-hetero) is 1. The second-order valence-electron chi connectivity index (χ2n) is 7.01. The highest BCUT2D eigenvalue weighted by Gasteiger charge is 2.27. The average molecular weight is 408 g/mol. The summed E-state index contributed by atoms with van der Waals surface area (Å²) < 4.78 is 18.2. The number of ketones is 1. The normalized spacial score (nSPS) is 14.0. The number of carbonyl (C=O) groups excluding carboxylic acids is 2.